The summed E-state index contributed by atoms with van der Waals surface area (Å²) in [6, 6.07) is 0.455. The first-order valence-electron chi connectivity index (χ1n) is 3.80. The molecule has 0 aromatic carbocycles. The third-order valence-electron chi connectivity index (χ3n) is 1.63. The first kappa shape index (κ1) is 13.7. The molecule has 0 unspecified atom stereocenters. The lowest BCUT2D eigenvalue weighted by atomic mass is 10.3. The van der Waals surface area contributed by atoms with E-state index >= 15 is 0 Å². The van der Waals surface area contributed by atoms with Crippen LogP contribution in [0.15, 0.2) is 11.1 Å². The van der Waals surface area contributed by atoms with Crippen LogP contribution in [0, 0.1) is 10.1 Å². The lowest BCUT2D eigenvalue weighted by molar-refractivity contribution is -0.389. The van der Waals surface area contributed by atoms with Gasteiger partial charge in [0.05, 0.1) is 5.56 Å². The van der Waals surface area contributed by atoms with E-state index in [0.717, 1.165) is 0 Å². The van der Waals surface area contributed by atoms with Crippen LogP contribution in [0.1, 0.15) is 12.0 Å². The van der Waals surface area contributed by atoms with E-state index < -0.39 is 42.8 Å². The normalized spacial score (nSPS) is 11.8. The van der Waals surface area contributed by atoms with Gasteiger partial charge in [0.1, 0.15) is 5.02 Å². The Hall–Kier alpha value is -1.39. The van der Waals surface area contributed by atoms with Crippen molar-refractivity contribution >= 4 is 27.4 Å². The van der Waals surface area contributed by atoms with Gasteiger partial charge in [0.2, 0.25) is 0 Å². The van der Waals surface area contributed by atoms with Crippen LogP contribution >= 0.6 is 11.6 Å². The van der Waals surface area contributed by atoms with E-state index in [-0.39, 0.29) is 0 Å². The fourth-order valence-electron chi connectivity index (χ4n) is 0.989. The van der Waals surface area contributed by atoms with Crippen LogP contribution in [-0.2, 0) is 10.0 Å². The predicted molar refractivity (Wildman–Crippen MR) is 52.2 cm³/mol. The van der Waals surface area contributed by atoms with Crippen LogP contribution in [0.3, 0.4) is 0 Å². The monoisotopic (exact) mass is 287 g/mol. The molecule has 0 aliphatic rings. The van der Waals surface area contributed by atoms with Crippen molar-refractivity contribution in [3.8, 4) is 0 Å². The van der Waals surface area contributed by atoms with Gasteiger partial charge in [-0.05, 0) is 16.0 Å². The Morgan fingerprint density at radius 3 is 2.41 bits per heavy atom. The topological polar surface area (TPSA) is 116 Å². The molecule has 1 aromatic rings. The van der Waals surface area contributed by atoms with Crippen molar-refractivity contribution in [3.63, 3.8) is 0 Å². The van der Waals surface area contributed by atoms with E-state index in [1.807, 2.05) is 0 Å². The van der Waals surface area contributed by atoms with E-state index in [1.54, 1.807) is 0 Å². The number of sulfonamides is 1. The number of pyridine rings is 1. The Labute approximate surface area is 98.4 Å². The van der Waals surface area contributed by atoms with Gasteiger partial charge in [0.15, 0.2) is 0 Å². The highest BCUT2D eigenvalue weighted by Crippen LogP contribution is 2.31. The van der Waals surface area contributed by atoms with Crippen LogP contribution < -0.4 is 5.14 Å². The minimum atomic E-state index is -4.61. The maximum atomic E-state index is 12.5. The molecule has 0 spiro atoms. The van der Waals surface area contributed by atoms with Gasteiger partial charge in [-0.3, -0.25) is 0 Å². The van der Waals surface area contributed by atoms with Crippen LogP contribution in [0.25, 0.3) is 0 Å². The molecule has 0 atom stereocenters. The fraction of sp³-hybridized carbons (Fsp3) is 0.167. The van der Waals surface area contributed by atoms with E-state index in [2.05, 4.69) is 10.1 Å². The lowest BCUT2D eigenvalue weighted by Gasteiger charge is -2.03. The summed E-state index contributed by atoms with van der Waals surface area (Å²) in [5.74, 6) is -1.06. The SMILES string of the molecule is NS(=O)(=O)c1nc([N+](=O)[O-])c(Cl)cc1C(F)F. The van der Waals surface area contributed by atoms with Crippen LogP contribution in [0.2, 0.25) is 5.02 Å². The number of halogens is 3. The summed E-state index contributed by atoms with van der Waals surface area (Å²) in [4.78, 5) is 12.3. The van der Waals surface area contributed by atoms with Gasteiger partial charge in [0.25, 0.3) is 21.5 Å². The number of nitro groups is 1. The fourth-order valence-corrected chi connectivity index (χ4v) is 1.91. The minimum absolute atomic E-state index is 0.455. The smallest absolute Gasteiger partial charge is 0.358 e. The summed E-state index contributed by atoms with van der Waals surface area (Å²) in [6.45, 7) is 0. The average molecular weight is 288 g/mol. The molecule has 17 heavy (non-hydrogen) atoms. The van der Waals surface area contributed by atoms with Crippen LogP contribution in [-0.4, -0.2) is 18.3 Å². The molecule has 7 nitrogen and oxygen atoms in total. The summed E-state index contributed by atoms with van der Waals surface area (Å²) in [5.41, 5.74) is -1.08. The second-order valence-corrected chi connectivity index (χ2v) is 4.67. The molecule has 11 heteroatoms. The van der Waals surface area contributed by atoms with Crippen molar-refractivity contribution < 1.29 is 22.1 Å². The molecule has 2 N–H and O–H groups in total. The quantitative estimate of drug-likeness (QED) is 0.663. The number of rotatable bonds is 3. The predicted octanol–water partition coefficient (Wildman–Crippen LogP) is 1.23. The zero-order chi connectivity index (χ0) is 13.4. The van der Waals surface area contributed by atoms with Crippen molar-refractivity contribution in [1.29, 1.82) is 0 Å². The number of alkyl halides is 2. The van der Waals surface area contributed by atoms with E-state index in [9.17, 15) is 27.3 Å². The van der Waals surface area contributed by atoms with Crippen molar-refractivity contribution in [2.24, 2.45) is 5.14 Å². The third-order valence-corrected chi connectivity index (χ3v) is 2.77. The maximum Gasteiger partial charge on any atom is 0.383 e. The van der Waals surface area contributed by atoms with E-state index in [1.165, 1.54) is 0 Å². The second-order valence-electron chi connectivity index (χ2n) is 2.79. The number of nitrogens with two attached hydrogens (primary N) is 1. The molecule has 0 amide bonds. The van der Waals surface area contributed by atoms with Gasteiger partial charge in [-0.1, -0.05) is 11.6 Å². The number of hydrogen-bond donors (Lipinski definition) is 1. The zero-order valence-electron chi connectivity index (χ0n) is 7.80. The number of primary sulfonamides is 1. The van der Waals surface area contributed by atoms with Gasteiger partial charge in [-0.2, -0.15) is 0 Å². The first-order chi connectivity index (χ1) is 7.64. The molecule has 0 fully saturated rings. The summed E-state index contributed by atoms with van der Waals surface area (Å²) in [7, 11) is -4.61. The van der Waals surface area contributed by atoms with Crippen molar-refractivity contribution in [1.82, 2.24) is 4.98 Å². The molecule has 1 rings (SSSR count). The Bertz CT molecular complexity index is 577. The molecule has 1 heterocycles. The van der Waals surface area contributed by atoms with E-state index in [0.29, 0.717) is 6.07 Å². The molecule has 0 aliphatic carbocycles. The maximum absolute atomic E-state index is 12.5. The summed E-state index contributed by atoms with van der Waals surface area (Å²) in [5, 5.41) is 13.1. The highest BCUT2D eigenvalue weighted by atomic mass is 35.5. The van der Waals surface area contributed by atoms with Crippen LogP contribution in [0.5, 0.6) is 0 Å². The molecule has 0 aliphatic heterocycles. The largest absolute Gasteiger partial charge is 0.383 e. The average Bonchev–Trinajstić information content (AvgIpc) is 2.14. The Morgan fingerprint density at radius 2 is 2.06 bits per heavy atom. The highest BCUT2D eigenvalue weighted by molar-refractivity contribution is 7.89. The number of hydrogen-bond acceptors (Lipinski definition) is 5. The molecule has 1 aromatic heterocycles. The Kier molecular flexibility index (Phi) is 3.59. The van der Waals surface area contributed by atoms with Gasteiger partial charge < -0.3 is 10.1 Å². The van der Waals surface area contributed by atoms with Gasteiger partial charge in [-0.15, -0.1) is 0 Å². The highest BCUT2D eigenvalue weighted by Gasteiger charge is 2.31. The molecule has 0 saturated heterocycles. The van der Waals surface area contributed by atoms with Crippen molar-refractivity contribution in [3.05, 3.63) is 26.8 Å². The first-order valence-corrected chi connectivity index (χ1v) is 5.72. The molecule has 0 radical (unpaired) electrons. The molecule has 0 saturated carbocycles. The zero-order valence-corrected chi connectivity index (χ0v) is 9.37. The molecule has 94 valence electrons. The summed E-state index contributed by atoms with van der Waals surface area (Å²) < 4.78 is 46.9. The van der Waals surface area contributed by atoms with Crippen molar-refractivity contribution in [2.45, 2.75) is 11.5 Å². The molecular formula is C6H4ClF2N3O4S. The van der Waals surface area contributed by atoms with Gasteiger partial charge >= 0.3 is 5.82 Å². The standard InChI is InChI=1S/C6H4ClF2N3O4S/c7-3-1-2(4(8)9)6(17(10,15)16)11-5(3)12(13)14/h1,4H,(H2,10,15,16). The third kappa shape index (κ3) is 2.84. The summed E-state index contributed by atoms with van der Waals surface area (Å²) >= 11 is 5.32. The number of nitrogens with zero attached hydrogens (tertiary/aromatic N) is 2. The molecular weight excluding hydrogens is 284 g/mol. The van der Waals surface area contributed by atoms with Crippen molar-refractivity contribution in [2.75, 3.05) is 0 Å². The molecule has 0 bridgehead atoms. The van der Waals surface area contributed by atoms with Gasteiger partial charge in [0, 0.05) is 0 Å². The number of aromatic nitrogens is 1. The minimum Gasteiger partial charge on any atom is -0.358 e. The second kappa shape index (κ2) is 4.47. The van der Waals surface area contributed by atoms with E-state index in [4.69, 9.17) is 11.6 Å². The van der Waals surface area contributed by atoms with Gasteiger partial charge in [-0.25, -0.2) is 22.3 Å². The Morgan fingerprint density at radius 1 is 1.53 bits per heavy atom. The summed E-state index contributed by atoms with van der Waals surface area (Å²) in [6.07, 6.45) is -3.23. The Balaban J connectivity index is 3.66. The lowest BCUT2D eigenvalue weighted by Crippen LogP contribution is -2.17. The van der Waals surface area contributed by atoms with Crippen LogP contribution in [0.4, 0.5) is 14.6 Å².